The van der Waals surface area contributed by atoms with Gasteiger partial charge in [0.1, 0.15) is 0 Å². The highest BCUT2D eigenvalue weighted by molar-refractivity contribution is 7.40. The molecule has 0 amide bonds. The van der Waals surface area contributed by atoms with Crippen LogP contribution in [0.5, 0.6) is 0 Å². The monoisotopic (exact) mass is 209 g/mol. The quantitative estimate of drug-likeness (QED) is 0.627. The van der Waals surface area contributed by atoms with Gasteiger partial charge in [-0.15, -0.1) is 0 Å². The molecule has 1 atom stereocenters. The van der Waals surface area contributed by atoms with Gasteiger partial charge in [-0.2, -0.15) is 0 Å². The first-order chi connectivity index (χ1) is 6.08. The van der Waals surface area contributed by atoms with Gasteiger partial charge in [-0.3, -0.25) is 0 Å². The van der Waals surface area contributed by atoms with E-state index in [1.807, 2.05) is 0 Å². The average Bonchev–Trinajstić information content (AvgIpc) is 2.17. The number of nitrogens with two attached hydrogens (primary N) is 1. The zero-order chi connectivity index (χ0) is 10.3. The first kappa shape index (κ1) is 13.3. The van der Waals surface area contributed by atoms with Crippen LogP contribution >= 0.6 is 8.60 Å². The standard InChI is InChI=1S/C8H20NO3P/c1-4-8(9,5-2)6-7-12-13(10)11-3/h10H,4-7,9H2,1-3H3. The summed E-state index contributed by atoms with van der Waals surface area (Å²) >= 11 is 0. The average molecular weight is 209 g/mol. The zero-order valence-electron chi connectivity index (χ0n) is 8.62. The van der Waals surface area contributed by atoms with Crippen LogP contribution in [-0.2, 0) is 9.05 Å². The van der Waals surface area contributed by atoms with Gasteiger partial charge in [0, 0.05) is 12.6 Å². The van der Waals surface area contributed by atoms with Crippen LogP contribution in [0.1, 0.15) is 33.1 Å². The second-order valence-electron chi connectivity index (χ2n) is 3.07. The molecule has 13 heavy (non-hydrogen) atoms. The molecule has 0 aliphatic carbocycles. The highest BCUT2D eigenvalue weighted by atomic mass is 31.2. The molecule has 0 fully saturated rings. The molecule has 0 bridgehead atoms. The van der Waals surface area contributed by atoms with Crippen LogP contribution in [0, 0.1) is 0 Å². The molecule has 0 spiro atoms. The molecule has 4 nitrogen and oxygen atoms in total. The third-order valence-electron chi connectivity index (χ3n) is 2.37. The maximum absolute atomic E-state index is 8.98. The van der Waals surface area contributed by atoms with Gasteiger partial charge in [0.25, 0.3) is 0 Å². The molecular weight excluding hydrogens is 189 g/mol. The molecule has 0 saturated carbocycles. The molecule has 3 N–H and O–H groups in total. The maximum Gasteiger partial charge on any atom is 0.329 e. The molecule has 0 aromatic heterocycles. The lowest BCUT2D eigenvalue weighted by Gasteiger charge is -2.26. The SMILES string of the molecule is CCC(N)(CC)CCOP(O)OC. The van der Waals surface area contributed by atoms with Gasteiger partial charge in [0.05, 0.1) is 6.61 Å². The summed E-state index contributed by atoms with van der Waals surface area (Å²) < 4.78 is 9.60. The van der Waals surface area contributed by atoms with Crippen molar-refractivity contribution in [2.24, 2.45) is 5.73 Å². The van der Waals surface area contributed by atoms with Crippen LogP contribution in [0.3, 0.4) is 0 Å². The summed E-state index contributed by atoms with van der Waals surface area (Å²) in [5.74, 6) is 0. The van der Waals surface area contributed by atoms with E-state index in [4.69, 9.17) is 15.2 Å². The molecule has 1 unspecified atom stereocenters. The molecule has 0 aromatic rings. The van der Waals surface area contributed by atoms with E-state index in [2.05, 4.69) is 18.4 Å². The minimum Gasteiger partial charge on any atom is -0.328 e. The van der Waals surface area contributed by atoms with E-state index in [-0.39, 0.29) is 5.54 Å². The van der Waals surface area contributed by atoms with Gasteiger partial charge in [-0.05, 0) is 19.3 Å². The van der Waals surface area contributed by atoms with Crippen LogP contribution in [0.4, 0.5) is 0 Å². The number of rotatable bonds is 7. The van der Waals surface area contributed by atoms with E-state index < -0.39 is 8.60 Å². The van der Waals surface area contributed by atoms with Crippen molar-refractivity contribution in [2.45, 2.75) is 38.6 Å². The zero-order valence-corrected chi connectivity index (χ0v) is 9.51. The highest BCUT2D eigenvalue weighted by Gasteiger charge is 2.20. The summed E-state index contributed by atoms with van der Waals surface area (Å²) in [5.41, 5.74) is 5.87. The van der Waals surface area contributed by atoms with Crippen LogP contribution in [0.25, 0.3) is 0 Å². The maximum atomic E-state index is 8.98. The van der Waals surface area contributed by atoms with Crippen molar-refractivity contribution in [2.75, 3.05) is 13.7 Å². The molecule has 0 aliphatic heterocycles. The minimum atomic E-state index is -1.70. The van der Waals surface area contributed by atoms with E-state index in [9.17, 15) is 0 Å². The van der Waals surface area contributed by atoms with Crippen molar-refractivity contribution < 1.29 is 13.9 Å². The van der Waals surface area contributed by atoms with Gasteiger partial charge in [0.15, 0.2) is 0 Å². The van der Waals surface area contributed by atoms with Gasteiger partial charge in [0.2, 0.25) is 0 Å². The Balaban J connectivity index is 3.61. The summed E-state index contributed by atoms with van der Waals surface area (Å²) in [4.78, 5) is 8.98. The largest absolute Gasteiger partial charge is 0.329 e. The van der Waals surface area contributed by atoms with Crippen molar-refractivity contribution in [3.8, 4) is 0 Å². The Labute approximate surface area is 81.4 Å². The number of hydrogen-bond donors (Lipinski definition) is 2. The van der Waals surface area contributed by atoms with Gasteiger partial charge in [-0.25, -0.2) is 0 Å². The summed E-state index contributed by atoms with van der Waals surface area (Å²) in [6, 6.07) is 0. The van der Waals surface area contributed by atoms with E-state index >= 15 is 0 Å². The van der Waals surface area contributed by atoms with Crippen LogP contribution in [0.15, 0.2) is 0 Å². The molecule has 80 valence electrons. The normalized spacial score (nSPS) is 14.5. The van der Waals surface area contributed by atoms with Crippen LogP contribution in [-0.4, -0.2) is 24.1 Å². The smallest absolute Gasteiger partial charge is 0.328 e. The Hall–Kier alpha value is 0.270. The first-order valence-corrected chi connectivity index (χ1v) is 5.66. The van der Waals surface area contributed by atoms with Gasteiger partial charge in [-0.1, -0.05) is 13.8 Å². The lowest BCUT2D eigenvalue weighted by molar-refractivity contribution is 0.200. The number of hydrogen-bond acceptors (Lipinski definition) is 4. The lowest BCUT2D eigenvalue weighted by atomic mass is 9.91. The van der Waals surface area contributed by atoms with E-state index in [1.165, 1.54) is 7.11 Å². The predicted molar refractivity (Wildman–Crippen MR) is 54.2 cm³/mol. The second kappa shape index (κ2) is 6.68. The van der Waals surface area contributed by atoms with E-state index in [1.54, 1.807) is 0 Å². The first-order valence-electron chi connectivity index (χ1n) is 4.53. The predicted octanol–water partition coefficient (Wildman–Crippen LogP) is 1.78. The summed E-state index contributed by atoms with van der Waals surface area (Å²) in [6.07, 6.45) is 2.59. The Morgan fingerprint density at radius 3 is 2.31 bits per heavy atom. The van der Waals surface area contributed by atoms with Crippen molar-refractivity contribution in [3.05, 3.63) is 0 Å². The summed E-state index contributed by atoms with van der Waals surface area (Å²) in [7, 11) is -0.279. The Kier molecular flexibility index (Phi) is 6.82. The fraction of sp³-hybridized carbons (Fsp3) is 1.00. The molecule has 5 heteroatoms. The Bertz CT molecular complexity index is 131. The summed E-state index contributed by atoms with van der Waals surface area (Å²) in [6.45, 7) is 4.57. The summed E-state index contributed by atoms with van der Waals surface area (Å²) in [5, 5.41) is 0. The van der Waals surface area contributed by atoms with Crippen molar-refractivity contribution in [3.63, 3.8) is 0 Å². The fourth-order valence-corrected chi connectivity index (χ4v) is 1.34. The molecule has 0 rings (SSSR count). The lowest BCUT2D eigenvalue weighted by Crippen LogP contribution is -2.39. The van der Waals surface area contributed by atoms with Crippen molar-refractivity contribution in [1.29, 1.82) is 0 Å². The van der Waals surface area contributed by atoms with Gasteiger partial charge < -0.3 is 19.7 Å². The highest BCUT2D eigenvalue weighted by Crippen LogP contribution is 2.32. The van der Waals surface area contributed by atoms with Crippen molar-refractivity contribution >= 4 is 8.60 Å². The van der Waals surface area contributed by atoms with Gasteiger partial charge >= 0.3 is 8.60 Å². The molecule has 0 radical (unpaired) electrons. The molecule has 0 aliphatic rings. The fourth-order valence-electron chi connectivity index (χ4n) is 0.983. The molecule has 0 aromatic carbocycles. The van der Waals surface area contributed by atoms with Crippen molar-refractivity contribution in [1.82, 2.24) is 0 Å². The Morgan fingerprint density at radius 2 is 1.92 bits per heavy atom. The molecule has 0 heterocycles. The topological polar surface area (TPSA) is 64.7 Å². The minimum absolute atomic E-state index is 0.163. The Morgan fingerprint density at radius 1 is 1.38 bits per heavy atom. The van der Waals surface area contributed by atoms with Crippen LogP contribution < -0.4 is 5.73 Å². The van der Waals surface area contributed by atoms with Crippen LogP contribution in [0.2, 0.25) is 0 Å². The molecular formula is C8H20NO3P. The van der Waals surface area contributed by atoms with E-state index in [0.29, 0.717) is 6.61 Å². The third kappa shape index (κ3) is 5.55. The third-order valence-corrected chi connectivity index (χ3v) is 3.08. The second-order valence-corrected chi connectivity index (χ2v) is 4.17. The van der Waals surface area contributed by atoms with E-state index in [0.717, 1.165) is 19.3 Å². The molecule has 0 saturated heterocycles.